The summed E-state index contributed by atoms with van der Waals surface area (Å²) in [6.45, 7) is 2.06. The highest BCUT2D eigenvalue weighted by Gasteiger charge is 2.51. The fraction of sp³-hybridized carbons (Fsp3) is 0.280. The van der Waals surface area contributed by atoms with Gasteiger partial charge in [-0.3, -0.25) is 4.79 Å². The van der Waals surface area contributed by atoms with Crippen LogP contribution in [-0.2, 0) is 19.6 Å². The van der Waals surface area contributed by atoms with Crippen molar-refractivity contribution in [1.29, 1.82) is 0 Å². The zero-order chi connectivity index (χ0) is 23.9. The van der Waals surface area contributed by atoms with E-state index in [2.05, 4.69) is 0 Å². The zero-order valence-electron chi connectivity index (χ0n) is 18.5. The normalized spacial score (nSPS) is 23.3. The molecule has 0 saturated carbocycles. The molecule has 3 heterocycles. The lowest BCUT2D eigenvalue weighted by Crippen LogP contribution is -2.41. The van der Waals surface area contributed by atoms with Gasteiger partial charge in [-0.15, -0.1) is 0 Å². The van der Waals surface area contributed by atoms with E-state index in [0.29, 0.717) is 5.76 Å². The summed E-state index contributed by atoms with van der Waals surface area (Å²) in [6.07, 6.45) is 0.973. The Labute approximate surface area is 197 Å². The van der Waals surface area contributed by atoms with E-state index in [0.717, 1.165) is 16.0 Å². The highest BCUT2D eigenvalue weighted by Crippen LogP contribution is 2.43. The number of benzene rings is 2. The highest BCUT2D eigenvalue weighted by atomic mass is 32.2. The Morgan fingerprint density at radius 3 is 2.41 bits per heavy atom. The van der Waals surface area contributed by atoms with Gasteiger partial charge >= 0.3 is 6.09 Å². The number of aryl methyl sites for hydroxylation is 1. The number of nitrogens with zero attached hydrogens (tertiary/aromatic N) is 2. The average molecular weight is 481 g/mol. The van der Waals surface area contributed by atoms with Gasteiger partial charge in [0.15, 0.2) is 0 Å². The lowest BCUT2D eigenvalue weighted by molar-refractivity contribution is -0.134. The molecule has 1 aromatic heterocycles. The molecule has 176 valence electrons. The fourth-order valence-corrected chi connectivity index (χ4v) is 6.35. The predicted molar refractivity (Wildman–Crippen MR) is 122 cm³/mol. The molecular formula is C25H24N2O6S. The van der Waals surface area contributed by atoms with Gasteiger partial charge in [0.05, 0.1) is 23.1 Å². The van der Waals surface area contributed by atoms with Crippen LogP contribution in [0.4, 0.5) is 4.79 Å². The topological polar surface area (TPSA) is 97.1 Å². The van der Waals surface area contributed by atoms with Gasteiger partial charge in [0.25, 0.3) is 0 Å². The van der Waals surface area contributed by atoms with E-state index in [1.54, 1.807) is 36.4 Å². The summed E-state index contributed by atoms with van der Waals surface area (Å²) < 4.78 is 39.2. The molecule has 0 N–H and O–H groups in total. The molecule has 0 bridgehead atoms. The minimum atomic E-state index is -3.91. The van der Waals surface area contributed by atoms with Gasteiger partial charge in [0, 0.05) is 6.54 Å². The maximum Gasteiger partial charge on any atom is 0.417 e. The van der Waals surface area contributed by atoms with E-state index in [1.807, 2.05) is 37.3 Å². The third kappa shape index (κ3) is 3.80. The van der Waals surface area contributed by atoms with E-state index in [9.17, 15) is 18.0 Å². The molecule has 2 saturated heterocycles. The molecule has 2 fully saturated rings. The predicted octanol–water partition coefficient (Wildman–Crippen LogP) is 4.06. The Balaban J connectivity index is 1.51. The Morgan fingerprint density at radius 2 is 1.74 bits per heavy atom. The van der Waals surface area contributed by atoms with Gasteiger partial charge in [-0.05, 0) is 43.2 Å². The second-order valence-corrected chi connectivity index (χ2v) is 10.4. The molecule has 2 aliphatic heterocycles. The molecule has 8 nitrogen and oxygen atoms in total. The maximum absolute atomic E-state index is 13.8. The summed E-state index contributed by atoms with van der Waals surface area (Å²) in [4.78, 5) is 27.6. The second-order valence-electron chi connectivity index (χ2n) is 8.50. The van der Waals surface area contributed by atoms with Crippen LogP contribution in [0.3, 0.4) is 0 Å². The van der Waals surface area contributed by atoms with Crippen LogP contribution in [0.25, 0.3) is 0 Å². The summed E-state index contributed by atoms with van der Waals surface area (Å²) in [6, 6.07) is 17.6. The summed E-state index contributed by atoms with van der Waals surface area (Å²) in [5.74, 6) is -0.919. The number of sulfonamides is 1. The van der Waals surface area contributed by atoms with Crippen LogP contribution < -0.4 is 0 Å². The van der Waals surface area contributed by atoms with Crippen molar-refractivity contribution >= 4 is 22.0 Å². The molecular weight excluding hydrogens is 456 g/mol. The van der Waals surface area contributed by atoms with Crippen LogP contribution in [-0.4, -0.2) is 42.8 Å². The molecule has 2 aromatic carbocycles. The molecule has 34 heavy (non-hydrogen) atoms. The van der Waals surface area contributed by atoms with Crippen molar-refractivity contribution in [2.45, 2.75) is 30.3 Å². The maximum atomic E-state index is 13.8. The van der Waals surface area contributed by atoms with E-state index < -0.39 is 40.0 Å². The zero-order valence-corrected chi connectivity index (χ0v) is 19.4. The van der Waals surface area contributed by atoms with Crippen molar-refractivity contribution in [1.82, 2.24) is 9.21 Å². The standard InChI is InChI=1S/C25H24N2O6S/c1-17-9-11-19(12-10-17)34(30,31)26-14-13-20(23(26)22-8-5-15-32-22)24(28)27-21(16-33-25(27)29)18-6-3-2-4-7-18/h2-12,15,20-21,23H,13-14,16H2,1H3/t20-,21-,23+/m1/s1. The molecule has 0 unspecified atom stereocenters. The number of cyclic esters (lactones) is 1. The SMILES string of the molecule is Cc1ccc(S(=O)(=O)N2CC[C@@H](C(=O)N3C(=O)OC[C@@H]3c3ccccc3)[C@H]2c2ccco2)cc1. The number of hydrogen-bond acceptors (Lipinski definition) is 6. The van der Waals surface area contributed by atoms with Crippen LogP contribution >= 0.6 is 0 Å². The fourth-order valence-electron chi connectivity index (χ4n) is 4.70. The average Bonchev–Trinajstić information content (AvgIpc) is 3.59. The summed E-state index contributed by atoms with van der Waals surface area (Å²) in [5, 5.41) is 0. The first-order valence-corrected chi connectivity index (χ1v) is 12.5. The Kier molecular flexibility index (Phi) is 5.75. The van der Waals surface area contributed by atoms with E-state index in [4.69, 9.17) is 9.15 Å². The third-order valence-electron chi connectivity index (χ3n) is 6.43. The number of ether oxygens (including phenoxy) is 1. The van der Waals surface area contributed by atoms with Crippen LogP contribution in [0.2, 0.25) is 0 Å². The van der Waals surface area contributed by atoms with Gasteiger partial charge in [-0.1, -0.05) is 48.0 Å². The lowest BCUT2D eigenvalue weighted by atomic mass is 9.95. The Morgan fingerprint density at radius 1 is 1.00 bits per heavy atom. The van der Waals surface area contributed by atoms with Gasteiger partial charge in [0.1, 0.15) is 18.4 Å². The van der Waals surface area contributed by atoms with Crippen LogP contribution in [0.1, 0.15) is 35.4 Å². The first-order chi connectivity index (χ1) is 16.4. The van der Waals surface area contributed by atoms with E-state index in [-0.39, 0.29) is 24.5 Å². The molecule has 9 heteroatoms. The van der Waals surface area contributed by atoms with E-state index >= 15 is 0 Å². The van der Waals surface area contributed by atoms with Crippen molar-refractivity contribution in [2.24, 2.45) is 5.92 Å². The monoisotopic (exact) mass is 480 g/mol. The highest BCUT2D eigenvalue weighted by molar-refractivity contribution is 7.89. The quantitative estimate of drug-likeness (QED) is 0.546. The number of imide groups is 1. The number of amides is 2. The molecule has 5 rings (SSSR count). The first kappa shape index (κ1) is 22.4. The second kappa shape index (κ2) is 8.73. The Hall–Kier alpha value is -3.43. The van der Waals surface area contributed by atoms with Crippen molar-refractivity contribution in [3.63, 3.8) is 0 Å². The van der Waals surface area contributed by atoms with Gasteiger partial charge in [0.2, 0.25) is 15.9 Å². The molecule has 2 aliphatic rings. The van der Waals surface area contributed by atoms with Gasteiger partial charge < -0.3 is 9.15 Å². The number of furan rings is 1. The summed E-state index contributed by atoms with van der Waals surface area (Å²) >= 11 is 0. The minimum absolute atomic E-state index is 0.0537. The van der Waals surface area contributed by atoms with E-state index in [1.165, 1.54) is 10.6 Å². The number of hydrogen-bond donors (Lipinski definition) is 0. The van der Waals surface area contributed by atoms with Crippen LogP contribution in [0, 0.1) is 12.8 Å². The number of carbonyl (C=O) groups excluding carboxylic acids is 2. The van der Waals surface area contributed by atoms with Crippen molar-refractivity contribution in [3.8, 4) is 0 Å². The third-order valence-corrected chi connectivity index (χ3v) is 8.32. The smallest absolute Gasteiger partial charge is 0.417 e. The lowest BCUT2D eigenvalue weighted by Gasteiger charge is -2.28. The molecule has 0 spiro atoms. The molecule has 0 aliphatic carbocycles. The minimum Gasteiger partial charge on any atom is -0.468 e. The Bertz CT molecular complexity index is 1290. The van der Waals surface area contributed by atoms with Gasteiger partial charge in [-0.25, -0.2) is 18.1 Å². The largest absolute Gasteiger partial charge is 0.468 e. The summed E-state index contributed by atoms with van der Waals surface area (Å²) in [7, 11) is -3.91. The first-order valence-electron chi connectivity index (χ1n) is 11.0. The van der Waals surface area contributed by atoms with Crippen LogP contribution in [0.5, 0.6) is 0 Å². The molecule has 2 amide bonds. The molecule has 3 atom stereocenters. The van der Waals surface area contributed by atoms with Crippen LogP contribution in [0.15, 0.2) is 82.3 Å². The van der Waals surface area contributed by atoms with Gasteiger partial charge in [-0.2, -0.15) is 4.31 Å². The molecule has 3 aromatic rings. The number of rotatable bonds is 5. The van der Waals surface area contributed by atoms with Crippen molar-refractivity contribution in [3.05, 3.63) is 89.9 Å². The summed E-state index contributed by atoms with van der Waals surface area (Å²) in [5.41, 5.74) is 1.72. The van der Waals surface area contributed by atoms with Crippen molar-refractivity contribution < 1.29 is 27.2 Å². The van der Waals surface area contributed by atoms with Crippen molar-refractivity contribution in [2.75, 3.05) is 13.2 Å². The number of carbonyl (C=O) groups is 2. The molecule has 0 radical (unpaired) electrons.